The van der Waals surface area contributed by atoms with Crippen LogP contribution in [0.25, 0.3) is 11.1 Å². The molecule has 10 heteroatoms. The fourth-order valence-corrected chi connectivity index (χ4v) is 4.39. The van der Waals surface area contributed by atoms with Gasteiger partial charge in [-0.15, -0.1) is 0 Å². The van der Waals surface area contributed by atoms with Gasteiger partial charge in [-0.1, -0.05) is 6.07 Å². The molecule has 0 atom stereocenters. The van der Waals surface area contributed by atoms with Gasteiger partial charge < -0.3 is 19.2 Å². The van der Waals surface area contributed by atoms with E-state index in [-0.39, 0.29) is 10.9 Å². The Hall–Kier alpha value is -2.82. The van der Waals surface area contributed by atoms with Crippen LogP contribution in [0.5, 0.6) is 11.5 Å². The van der Waals surface area contributed by atoms with Crippen molar-refractivity contribution in [2.45, 2.75) is 37.2 Å². The van der Waals surface area contributed by atoms with Crippen molar-refractivity contribution < 1.29 is 26.9 Å². The first-order valence-electron chi connectivity index (χ1n) is 10.5. The topological polar surface area (TPSA) is 114 Å². The number of fused-ring (bicyclic) bond motifs is 1. The van der Waals surface area contributed by atoms with Crippen LogP contribution in [0.3, 0.4) is 0 Å². The van der Waals surface area contributed by atoms with E-state index in [4.69, 9.17) is 13.9 Å². The van der Waals surface area contributed by atoms with E-state index in [2.05, 4.69) is 21.3 Å². The lowest BCUT2D eigenvalue weighted by molar-refractivity contribution is 0.210. The van der Waals surface area contributed by atoms with Crippen LogP contribution in [0, 0.1) is 0 Å². The zero-order valence-electron chi connectivity index (χ0n) is 18.1. The van der Waals surface area contributed by atoms with Crippen molar-refractivity contribution in [3.63, 3.8) is 0 Å². The molecule has 0 radical (unpaired) electrons. The molecule has 0 saturated carbocycles. The molecule has 1 fully saturated rings. The third kappa shape index (κ3) is 5.14. The van der Waals surface area contributed by atoms with E-state index in [1.165, 1.54) is 23.8 Å². The average Bonchev–Trinajstić information content (AvgIpc) is 3.16. The monoisotopic (exact) mass is 461 g/mol. The predicted molar refractivity (Wildman–Crippen MR) is 120 cm³/mol. The van der Waals surface area contributed by atoms with Crippen molar-refractivity contribution >= 4 is 27.2 Å². The molecule has 2 heterocycles. The van der Waals surface area contributed by atoms with Crippen molar-refractivity contribution in [2.24, 2.45) is 0 Å². The van der Waals surface area contributed by atoms with Gasteiger partial charge in [0.25, 0.3) is 16.1 Å². The second-order valence-corrected chi connectivity index (χ2v) is 9.16. The fourth-order valence-electron chi connectivity index (χ4n) is 3.89. The summed E-state index contributed by atoms with van der Waals surface area (Å²) in [6.45, 7) is 5.21. The minimum atomic E-state index is -4.28. The standard InChI is InChI=1S/C22H27N3O6S/c1-3-30-21-12-15(4-6-20(21)29-2)14-25-10-8-16(9-11-25)23-22-24-18-13-17(32(26,27)28)5-7-19(18)31-22/h4-7,12-13,16H,3,8-11,14H2,1-2H3,(H,23,24)(H,26,27,28). The first-order chi connectivity index (χ1) is 15.4. The smallest absolute Gasteiger partial charge is 0.295 e. The molecule has 2 aromatic carbocycles. The maximum atomic E-state index is 11.3. The highest BCUT2D eigenvalue weighted by Crippen LogP contribution is 2.29. The van der Waals surface area contributed by atoms with Gasteiger partial charge >= 0.3 is 0 Å². The van der Waals surface area contributed by atoms with Crippen LogP contribution in [-0.4, -0.2) is 55.7 Å². The predicted octanol–water partition coefficient (Wildman–Crippen LogP) is 3.56. The molecule has 1 saturated heterocycles. The lowest BCUT2D eigenvalue weighted by Crippen LogP contribution is -2.38. The quantitative estimate of drug-likeness (QED) is 0.486. The molecule has 32 heavy (non-hydrogen) atoms. The lowest BCUT2D eigenvalue weighted by Gasteiger charge is -2.32. The van der Waals surface area contributed by atoms with Crippen LogP contribution in [0.15, 0.2) is 45.7 Å². The molecule has 9 nitrogen and oxygen atoms in total. The molecular formula is C22H27N3O6S. The minimum absolute atomic E-state index is 0.204. The summed E-state index contributed by atoms with van der Waals surface area (Å²) in [5.41, 5.74) is 2.01. The zero-order chi connectivity index (χ0) is 22.7. The maximum Gasteiger partial charge on any atom is 0.295 e. The van der Waals surface area contributed by atoms with E-state index >= 15 is 0 Å². The summed E-state index contributed by atoms with van der Waals surface area (Å²) < 4.78 is 48.5. The number of piperidine rings is 1. The Morgan fingerprint density at radius 1 is 1.19 bits per heavy atom. The third-order valence-electron chi connectivity index (χ3n) is 5.51. The number of rotatable bonds is 8. The number of nitrogens with one attached hydrogen (secondary N) is 1. The summed E-state index contributed by atoms with van der Waals surface area (Å²) in [6, 6.07) is 10.7. The van der Waals surface area contributed by atoms with E-state index in [0.29, 0.717) is 23.7 Å². The summed E-state index contributed by atoms with van der Waals surface area (Å²) in [6.07, 6.45) is 1.84. The molecule has 3 aromatic rings. The Labute approximate surface area is 187 Å². The Morgan fingerprint density at radius 3 is 2.66 bits per heavy atom. The highest BCUT2D eigenvalue weighted by atomic mass is 32.2. The number of nitrogens with zero attached hydrogens (tertiary/aromatic N) is 2. The van der Waals surface area contributed by atoms with E-state index in [1.54, 1.807) is 7.11 Å². The van der Waals surface area contributed by atoms with Crippen molar-refractivity contribution in [1.82, 2.24) is 9.88 Å². The minimum Gasteiger partial charge on any atom is -0.493 e. The molecular weight excluding hydrogens is 434 g/mol. The molecule has 0 amide bonds. The van der Waals surface area contributed by atoms with Gasteiger partial charge in [-0.05, 0) is 55.7 Å². The Morgan fingerprint density at radius 2 is 1.97 bits per heavy atom. The Bertz CT molecular complexity index is 1190. The van der Waals surface area contributed by atoms with Crippen LogP contribution in [0.4, 0.5) is 6.01 Å². The van der Waals surface area contributed by atoms with Crippen LogP contribution in [0.2, 0.25) is 0 Å². The fraction of sp³-hybridized carbons (Fsp3) is 0.409. The second kappa shape index (κ2) is 9.35. The lowest BCUT2D eigenvalue weighted by atomic mass is 10.0. The summed E-state index contributed by atoms with van der Waals surface area (Å²) in [5.74, 6) is 1.50. The van der Waals surface area contributed by atoms with Crippen molar-refractivity contribution in [3.05, 3.63) is 42.0 Å². The van der Waals surface area contributed by atoms with E-state index < -0.39 is 10.1 Å². The molecule has 1 aromatic heterocycles. The first kappa shape index (κ1) is 22.4. The molecule has 1 aliphatic rings. The molecule has 2 N–H and O–H groups in total. The van der Waals surface area contributed by atoms with Crippen LogP contribution in [-0.2, 0) is 16.7 Å². The van der Waals surface area contributed by atoms with Crippen LogP contribution in [0.1, 0.15) is 25.3 Å². The van der Waals surface area contributed by atoms with E-state index in [0.717, 1.165) is 44.0 Å². The Balaban J connectivity index is 1.34. The summed E-state index contributed by atoms with van der Waals surface area (Å²) in [4.78, 5) is 6.50. The van der Waals surface area contributed by atoms with E-state index in [1.807, 2.05) is 19.1 Å². The molecule has 1 aliphatic heterocycles. The first-order valence-corrected chi connectivity index (χ1v) is 12.0. The van der Waals surface area contributed by atoms with Gasteiger partial charge in [0.2, 0.25) is 0 Å². The summed E-state index contributed by atoms with van der Waals surface area (Å²) >= 11 is 0. The number of ether oxygens (including phenoxy) is 2. The van der Waals surface area contributed by atoms with Gasteiger partial charge in [-0.25, -0.2) is 0 Å². The summed E-state index contributed by atoms with van der Waals surface area (Å²) in [7, 11) is -2.64. The van der Waals surface area contributed by atoms with Gasteiger partial charge in [-0.2, -0.15) is 13.4 Å². The van der Waals surface area contributed by atoms with Crippen molar-refractivity contribution in [3.8, 4) is 11.5 Å². The molecule has 0 bridgehead atoms. The maximum absolute atomic E-state index is 11.3. The third-order valence-corrected chi connectivity index (χ3v) is 6.36. The van der Waals surface area contributed by atoms with Crippen molar-refractivity contribution in [1.29, 1.82) is 0 Å². The summed E-state index contributed by atoms with van der Waals surface area (Å²) in [5, 5.41) is 3.30. The number of likely N-dealkylation sites (tertiary alicyclic amines) is 1. The van der Waals surface area contributed by atoms with Crippen molar-refractivity contribution in [2.75, 3.05) is 32.1 Å². The normalized spacial score (nSPS) is 15.7. The average molecular weight is 462 g/mol. The second-order valence-electron chi connectivity index (χ2n) is 7.74. The number of hydrogen-bond donors (Lipinski definition) is 2. The largest absolute Gasteiger partial charge is 0.493 e. The Kier molecular flexibility index (Phi) is 6.54. The molecule has 172 valence electrons. The van der Waals surface area contributed by atoms with Gasteiger partial charge in [0, 0.05) is 25.7 Å². The highest BCUT2D eigenvalue weighted by molar-refractivity contribution is 7.85. The number of benzene rings is 2. The van der Waals surface area contributed by atoms with Gasteiger partial charge in [0.05, 0.1) is 18.6 Å². The van der Waals surface area contributed by atoms with Gasteiger partial charge in [0.15, 0.2) is 17.1 Å². The number of anilines is 1. The number of methoxy groups -OCH3 is 1. The van der Waals surface area contributed by atoms with Gasteiger partial charge in [-0.3, -0.25) is 9.45 Å². The molecule has 4 rings (SSSR count). The van der Waals surface area contributed by atoms with E-state index in [9.17, 15) is 13.0 Å². The number of oxazole rings is 1. The molecule has 0 spiro atoms. The highest BCUT2D eigenvalue weighted by Gasteiger charge is 2.22. The molecule has 0 unspecified atom stereocenters. The molecule has 0 aliphatic carbocycles. The van der Waals surface area contributed by atoms with Crippen LogP contribution >= 0.6 is 0 Å². The zero-order valence-corrected chi connectivity index (χ0v) is 18.9. The number of hydrogen-bond acceptors (Lipinski definition) is 8. The SMILES string of the molecule is CCOc1cc(CN2CCC(Nc3nc4cc(S(=O)(=O)O)ccc4o3)CC2)ccc1OC. The van der Waals surface area contributed by atoms with Crippen LogP contribution < -0.4 is 14.8 Å². The number of aromatic nitrogens is 1. The van der Waals surface area contributed by atoms with Gasteiger partial charge in [0.1, 0.15) is 5.52 Å².